The molecule has 1 atom stereocenters. The van der Waals surface area contributed by atoms with Crippen LogP contribution in [0.2, 0.25) is 0 Å². The Morgan fingerprint density at radius 2 is 1.69 bits per heavy atom. The van der Waals surface area contributed by atoms with Crippen molar-refractivity contribution in [2.45, 2.75) is 6.04 Å². The van der Waals surface area contributed by atoms with Gasteiger partial charge in [-0.3, -0.25) is 14.5 Å². The lowest BCUT2D eigenvalue weighted by molar-refractivity contribution is -0.132. The van der Waals surface area contributed by atoms with Gasteiger partial charge in [0.25, 0.3) is 11.7 Å². The summed E-state index contributed by atoms with van der Waals surface area (Å²) in [4.78, 5) is 27.8. The highest BCUT2D eigenvalue weighted by Crippen LogP contribution is 2.45. The molecular formula is C25H20BrNO5. The third-order valence-electron chi connectivity index (χ3n) is 5.31. The molecule has 1 aliphatic rings. The van der Waals surface area contributed by atoms with Gasteiger partial charge < -0.3 is 14.6 Å². The molecule has 162 valence electrons. The summed E-state index contributed by atoms with van der Waals surface area (Å²) in [5.74, 6) is -0.759. The van der Waals surface area contributed by atoms with Crippen LogP contribution in [0, 0.1) is 0 Å². The minimum atomic E-state index is -0.898. The number of hydrogen-bond donors (Lipinski definition) is 1. The van der Waals surface area contributed by atoms with E-state index in [9.17, 15) is 14.7 Å². The summed E-state index contributed by atoms with van der Waals surface area (Å²) in [6.07, 6.45) is 0. The van der Waals surface area contributed by atoms with Crippen molar-refractivity contribution in [2.75, 3.05) is 19.1 Å². The van der Waals surface area contributed by atoms with Crippen LogP contribution < -0.4 is 14.4 Å². The van der Waals surface area contributed by atoms with Crippen molar-refractivity contribution in [3.8, 4) is 11.5 Å². The highest BCUT2D eigenvalue weighted by molar-refractivity contribution is 9.10. The predicted octanol–water partition coefficient (Wildman–Crippen LogP) is 5.09. The van der Waals surface area contributed by atoms with Crippen molar-refractivity contribution in [1.82, 2.24) is 0 Å². The molecular weight excluding hydrogens is 474 g/mol. The Balaban J connectivity index is 2.00. The van der Waals surface area contributed by atoms with Crippen LogP contribution in [0.5, 0.6) is 11.5 Å². The van der Waals surface area contributed by atoms with Crippen molar-refractivity contribution in [3.63, 3.8) is 0 Å². The van der Waals surface area contributed by atoms with Gasteiger partial charge in [-0.05, 0) is 30.3 Å². The van der Waals surface area contributed by atoms with Crippen LogP contribution in [-0.4, -0.2) is 31.0 Å². The van der Waals surface area contributed by atoms with Gasteiger partial charge in [-0.15, -0.1) is 0 Å². The molecule has 0 saturated carbocycles. The molecule has 3 aromatic rings. The van der Waals surface area contributed by atoms with Crippen molar-refractivity contribution >= 4 is 39.1 Å². The summed E-state index contributed by atoms with van der Waals surface area (Å²) in [6.45, 7) is 0. The molecule has 3 aromatic carbocycles. The van der Waals surface area contributed by atoms with E-state index in [0.29, 0.717) is 28.3 Å². The molecule has 6 nitrogen and oxygen atoms in total. The molecule has 0 aliphatic carbocycles. The van der Waals surface area contributed by atoms with E-state index in [-0.39, 0.29) is 11.3 Å². The molecule has 0 spiro atoms. The molecule has 1 aliphatic heterocycles. The number of carbonyl (C=O) groups is 2. The summed E-state index contributed by atoms with van der Waals surface area (Å²) < 4.78 is 11.6. The maximum Gasteiger partial charge on any atom is 0.300 e. The molecule has 1 heterocycles. The number of rotatable bonds is 5. The lowest BCUT2D eigenvalue weighted by Crippen LogP contribution is -2.29. The number of aliphatic hydroxyl groups is 1. The highest BCUT2D eigenvalue weighted by Gasteiger charge is 2.48. The van der Waals surface area contributed by atoms with Gasteiger partial charge in [0.2, 0.25) is 0 Å². The summed E-state index contributed by atoms with van der Waals surface area (Å²) in [6, 6.07) is 20.0. The number of hydrogen-bond acceptors (Lipinski definition) is 5. The summed E-state index contributed by atoms with van der Waals surface area (Å²) in [5, 5.41) is 11.1. The normalized spacial score (nSPS) is 17.5. The van der Waals surface area contributed by atoms with Gasteiger partial charge in [0.15, 0.2) is 0 Å². The molecule has 1 amide bonds. The second kappa shape index (κ2) is 8.88. The Labute approximate surface area is 193 Å². The Kier molecular flexibility index (Phi) is 6.01. The van der Waals surface area contributed by atoms with E-state index in [2.05, 4.69) is 15.9 Å². The number of Topliss-reactive ketones (excluding diaryl/α,β-unsaturated/α-hetero) is 1. The molecule has 0 bridgehead atoms. The fourth-order valence-corrected chi connectivity index (χ4v) is 4.20. The Morgan fingerprint density at radius 3 is 2.34 bits per heavy atom. The third-order valence-corrected chi connectivity index (χ3v) is 5.81. The zero-order valence-electron chi connectivity index (χ0n) is 17.4. The van der Waals surface area contributed by atoms with Crippen LogP contribution in [0.4, 0.5) is 5.69 Å². The number of carbonyl (C=O) groups excluding carboxylic acids is 2. The Bertz CT molecular complexity index is 1220. The molecule has 1 fully saturated rings. The molecule has 1 saturated heterocycles. The van der Waals surface area contributed by atoms with Gasteiger partial charge in [-0.2, -0.15) is 0 Å². The molecule has 32 heavy (non-hydrogen) atoms. The summed E-state index contributed by atoms with van der Waals surface area (Å²) >= 11 is 3.42. The second-order valence-electron chi connectivity index (χ2n) is 7.12. The number of methoxy groups -OCH3 is 2. The van der Waals surface area contributed by atoms with E-state index in [1.165, 1.54) is 19.1 Å². The number of ketones is 1. The second-order valence-corrected chi connectivity index (χ2v) is 8.04. The molecule has 1 N–H and O–H groups in total. The van der Waals surface area contributed by atoms with Crippen LogP contribution in [-0.2, 0) is 9.59 Å². The number of nitrogens with zero attached hydrogens (tertiary/aromatic N) is 1. The van der Waals surface area contributed by atoms with Crippen LogP contribution in [0.25, 0.3) is 5.76 Å². The van der Waals surface area contributed by atoms with Gasteiger partial charge >= 0.3 is 0 Å². The lowest BCUT2D eigenvalue weighted by atomic mass is 9.94. The zero-order chi connectivity index (χ0) is 22.8. The molecule has 4 rings (SSSR count). The number of halogens is 1. The minimum absolute atomic E-state index is 0.00959. The average molecular weight is 494 g/mol. The van der Waals surface area contributed by atoms with Crippen LogP contribution in [0.15, 0.2) is 82.8 Å². The van der Waals surface area contributed by atoms with Gasteiger partial charge in [-0.25, -0.2) is 0 Å². The van der Waals surface area contributed by atoms with E-state index in [4.69, 9.17) is 9.47 Å². The van der Waals surface area contributed by atoms with E-state index in [1.54, 1.807) is 66.7 Å². The fraction of sp³-hybridized carbons (Fsp3) is 0.120. The average Bonchev–Trinajstić information content (AvgIpc) is 3.08. The largest absolute Gasteiger partial charge is 0.507 e. The van der Waals surface area contributed by atoms with Crippen LogP contribution >= 0.6 is 15.9 Å². The first kappa shape index (κ1) is 21.6. The maximum atomic E-state index is 13.2. The molecule has 1 unspecified atom stereocenters. The Hall–Kier alpha value is -3.58. The highest BCUT2D eigenvalue weighted by atomic mass is 79.9. The molecule has 7 heteroatoms. The molecule has 0 radical (unpaired) electrons. The van der Waals surface area contributed by atoms with Gasteiger partial charge in [0, 0.05) is 27.4 Å². The monoisotopic (exact) mass is 493 g/mol. The SMILES string of the molecule is COc1ccc(C2/C(=C(\O)c3ccccc3)C(=O)C(=O)N2c2cccc(Br)c2)c(OC)c1. The number of amides is 1. The standard InChI is InChI=1S/C25H20BrNO5/c1-31-18-11-12-19(20(14-18)32-2)22-21(23(28)15-7-4-3-5-8-15)24(29)25(30)27(22)17-10-6-9-16(26)13-17/h3-14,22,28H,1-2H3/b23-21+. The van der Waals surface area contributed by atoms with Crippen molar-refractivity contribution in [2.24, 2.45) is 0 Å². The van der Waals surface area contributed by atoms with Gasteiger partial charge in [-0.1, -0.05) is 52.3 Å². The smallest absolute Gasteiger partial charge is 0.300 e. The quantitative estimate of drug-likeness (QED) is 0.304. The van der Waals surface area contributed by atoms with Gasteiger partial charge in [0.1, 0.15) is 17.3 Å². The first-order valence-corrected chi connectivity index (χ1v) is 10.6. The lowest BCUT2D eigenvalue weighted by Gasteiger charge is -2.27. The first-order chi connectivity index (χ1) is 15.5. The van der Waals surface area contributed by atoms with Crippen molar-refractivity contribution < 1.29 is 24.2 Å². The fourth-order valence-electron chi connectivity index (χ4n) is 3.81. The van der Waals surface area contributed by atoms with E-state index >= 15 is 0 Å². The van der Waals surface area contributed by atoms with Crippen molar-refractivity contribution in [3.05, 3.63) is 94.0 Å². The summed E-state index contributed by atoms with van der Waals surface area (Å²) in [5.41, 5.74) is 1.49. The number of benzene rings is 3. The summed E-state index contributed by atoms with van der Waals surface area (Å²) in [7, 11) is 3.04. The topological polar surface area (TPSA) is 76.1 Å². The van der Waals surface area contributed by atoms with Crippen LogP contribution in [0.3, 0.4) is 0 Å². The number of ether oxygens (including phenoxy) is 2. The third kappa shape index (κ3) is 3.76. The van der Waals surface area contributed by atoms with E-state index < -0.39 is 17.7 Å². The number of aliphatic hydroxyl groups excluding tert-OH is 1. The van der Waals surface area contributed by atoms with E-state index in [1.807, 2.05) is 6.07 Å². The minimum Gasteiger partial charge on any atom is -0.507 e. The van der Waals surface area contributed by atoms with Gasteiger partial charge in [0.05, 0.1) is 25.8 Å². The zero-order valence-corrected chi connectivity index (χ0v) is 19.0. The van der Waals surface area contributed by atoms with E-state index in [0.717, 1.165) is 4.47 Å². The first-order valence-electron chi connectivity index (χ1n) is 9.80. The maximum absolute atomic E-state index is 13.2. The predicted molar refractivity (Wildman–Crippen MR) is 125 cm³/mol. The molecule has 0 aromatic heterocycles. The number of anilines is 1. The van der Waals surface area contributed by atoms with Crippen LogP contribution in [0.1, 0.15) is 17.2 Å². The van der Waals surface area contributed by atoms with Crippen molar-refractivity contribution in [1.29, 1.82) is 0 Å². The Morgan fingerprint density at radius 1 is 0.938 bits per heavy atom.